The first-order valence-electron chi connectivity index (χ1n) is 9.89. The van der Waals surface area contributed by atoms with Gasteiger partial charge < -0.3 is 15.0 Å². The highest BCUT2D eigenvalue weighted by atomic mass is 16.5. The lowest BCUT2D eigenvalue weighted by Gasteiger charge is -2.35. The van der Waals surface area contributed by atoms with Gasteiger partial charge in [0.05, 0.1) is 12.2 Å². The van der Waals surface area contributed by atoms with Gasteiger partial charge in [0.1, 0.15) is 0 Å². The molecule has 1 aliphatic heterocycles. The maximum absolute atomic E-state index is 5.82. The Morgan fingerprint density at radius 1 is 1.19 bits per heavy atom. The van der Waals surface area contributed by atoms with Crippen molar-refractivity contribution in [2.24, 2.45) is 4.99 Å². The van der Waals surface area contributed by atoms with E-state index in [2.05, 4.69) is 72.2 Å². The number of morpholine rings is 1. The van der Waals surface area contributed by atoms with Crippen molar-refractivity contribution in [3.8, 4) is 0 Å². The van der Waals surface area contributed by atoms with Crippen molar-refractivity contribution in [3.63, 3.8) is 0 Å². The molecular weight excluding hydrogens is 324 g/mol. The lowest BCUT2D eigenvalue weighted by molar-refractivity contribution is -0.0704. The molecule has 1 heterocycles. The highest BCUT2D eigenvalue weighted by molar-refractivity contribution is 5.79. The van der Waals surface area contributed by atoms with Gasteiger partial charge in [-0.3, -0.25) is 9.89 Å². The van der Waals surface area contributed by atoms with E-state index in [9.17, 15) is 0 Å². The van der Waals surface area contributed by atoms with Crippen LogP contribution >= 0.6 is 0 Å². The largest absolute Gasteiger partial charge is 0.373 e. The van der Waals surface area contributed by atoms with E-state index >= 15 is 0 Å². The first kappa shape index (κ1) is 20.7. The Morgan fingerprint density at radius 3 is 2.38 bits per heavy atom. The second-order valence-electron chi connectivity index (χ2n) is 7.44. The van der Waals surface area contributed by atoms with Crippen molar-refractivity contribution in [2.45, 2.75) is 58.9 Å². The summed E-state index contributed by atoms with van der Waals surface area (Å²) in [6.45, 7) is 11.4. The average Bonchev–Trinajstić information content (AvgIpc) is 2.61. The standard InChI is InChI=1S/C21H36N4O/c1-6-7-12-24(5)21(22-4)23-13-19-8-10-20(11-9-19)16-25-14-17(2)26-18(3)15-25/h8-11,17-18H,6-7,12-16H2,1-5H3,(H,22,23). The Hall–Kier alpha value is -1.59. The van der Waals surface area contributed by atoms with Crippen LogP contribution in [-0.4, -0.2) is 61.7 Å². The zero-order chi connectivity index (χ0) is 18.9. The van der Waals surface area contributed by atoms with Crippen LogP contribution in [0.4, 0.5) is 0 Å². The summed E-state index contributed by atoms with van der Waals surface area (Å²) in [5.41, 5.74) is 2.64. The van der Waals surface area contributed by atoms with Crippen LogP contribution in [-0.2, 0) is 17.8 Å². The third-order valence-corrected chi connectivity index (χ3v) is 4.80. The van der Waals surface area contributed by atoms with Crippen LogP contribution in [0.1, 0.15) is 44.7 Å². The number of rotatable bonds is 7. The summed E-state index contributed by atoms with van der Waals surface area (Å²) in [5.74, 6) is 0.957. The summed E-state index contributed by atoms with van der Waals surface area (Å²) in [6.07, 6.45) is 3.02. The van der Waals surface area contributed by atoms with Gasteiger partial charge in [0.15, 0.2) is 5.96 Å². The summed E-state index contributed by atoms with van der Waals surface area (Å²) in [6, 6.07) is 8.92. The molecule has 2 atom stereocenters. The zero-order valence-electron chi connectivity index (χ0n) is 17.2. The summed E-state index contributed by atoms with van der Waals surface area (Å²) in [4.78, 5) is 9.05. The lowest BCUT2D eigenvalue weighted by atomic mass is 10.1. The fourth-order valence-corrected chi connectivity index (χ4v) is 3.50. The number of ether oxygens (including phenoxy) is 1. The molecule has 1 aromatic carbocycles. The van der Waals surface area contributed by atoms with Gasteiger partial charge in [0, 0.05) is 46.8 Å². The molecule has 0 spiro atoms. The van der Waals surface area contributed by atoms with E-state index in [0.717, 1.165) is 38.7 Å². The topological polar surface area (TPSA) is 40.1 Å². The minimum Gasteiger partial charge on any atom is -0.373 e. The van der Waals surface area contributed by atoms with Crippen LogP contribution in [0.5, 0.6) is 0 Å². The van der Waals surface area contributed by atoms with Gasteiger partial charge in [-0.25, -0.2) is 0 Å². The summed E-state index contributed by atoms with van der Waals surface area (Å²) in [5, 5.41) is 3.46. The van der Waals surface area contributed by atoms with Gasteiger partial charge in [-0.1, -0.05) is 37.6 Å². The van der Waals surface area contributed by atoms with Gasteiger partial charge in [0.2, 0.25) is 0 Å². The zero-order valence-corrected chi connectivity index (χ0v) is 17.2. The summed E-state index contributed by atoms with van der Waals surface area (Å²) in [7, 11) is 3.94. The highest BCUT2D eigenvalue weighted by Gasteiger charge is 2.21. The quantitative estimate of drug-likeness (QED) is 0.599. The Morgan fingerprint density at radius 2 is 1.81 bits per heavy atom. The minimum absolute atomic E-state index is 0.318. The lowest BCUT2D eigenvalue weighted by Crippen LogP contribution is -2.44. The predicted octanol–water partition coefficient (Wildman–Crippen LogP) is 3.10. The van der Waals surface area contributed by atoms with Crippen LogP contribution in [0.15, 0.2) is 29.3 Å². The molecule has 0 radical (unpaired) electrons. The van der Waals surface area contributed by atoms with Crippen LogP contribution < -0.4 is 5.32 Å². The van der Waals surface area contributed by atoms with Crippen molar-refractivity contribution in [1.29, 1.82) is 0 Å². The fourth-order valence-electron chi connectivity index (χ4n) is 3.50. The Kier molecular flexibility index (Phi) is 8.39. The normalized spacial score (nSPS) is 21.7. The first-order valence-corrected chi connectivity index (χ1v) is 9.89. The molecule has 1 aliphatic rings. The second-order valence-corrected chi connectivity index (χ2v) is 7.44. The van der Waals surface area contributed by atoms with Crippen LogP contribution in [0.2, 0.25) is 0 Å². The molecule has 2 unspecified atom stereocenters. The summed E-state index contributed by atoms with van der Waals surface area (Å²) < 4.78 is 5.82. The van der Waals surface area contributed by atoms with E-state index in [-0.39, 0.29) is 0 Å². The van der Waals surface area contributed by atoms with Crippen LogP contribution in [0.25, 0.3) is 0 Å². The molecule has 1 fully saturated rings. The van der Waals surface area contributed by atoms with E-state index < -0.39 is 0 Å². The van der Waals surface area contributed by atoms with Crippen molar-refractivity contribution in [3.05, 3.63) is 35.4 Å². The Bertz CT molecular complexity index is 548. The third-order valence-electron chi connectivity index (χ3n) is 4.80. The maximum atomic E-state index is 5.82. The molecule has 0 saturated carbocycles. The van der Waals surface area contributed by atoms with E-state index in [1.807, 2.05) is 7.05 Å². The number of hydrogen-bond acceptors (Lipinski definition) is 3. The van der Waals surface area contributed by atoms with E-state index in [1.54, 1.807) is 0 Å². The Balaban J connectivity index is 1.83. The van der Waals surface area contributed by atoms with Crippen molar-refractivity contribution in [2.75, 3.05) is 33.7 Å². The van der Waals surface area contributed by atoms with Crippen LogP contribution in [0.3, 0.4) is 0 Å². The molecular formula is C21H36N4O. The van der Waals surface area contributed by atoms with Gasteiger partial charge >= 0.3 is 0 Å². The summed E-state index contributed by atoms with van der Waals surface area (Å²) >= 11 is 0. The molecule has 1 aromatic rings. The molecule has 0 amide bonds. The minimum atomic E-state index is 0.318. The number of nitrogens with one attached hydrogen (secondary N) is 1. The van der Waals surface area contributed by atoms with E-state index in [4.69, 9.17) is 4.74 Å². The van der Waals surface area contributed by atoms with E-state index in [1.165, 1.54) is 24.0 Å². The van der Waals surface area contributed by atoms with Crippen molar-refractivity contribution in [1.82, 2.24) is 15.1 Å². The average molecular weight is 361 g/mol. The van der Waals surface area contributed by atoms with Gasteiger partial charge in [0.25, 0.3) is 0 Å². The number of guanidine groups is 1. The third kappa shape index (κ3) is 6.61. The molecule has 1 N–H and O–H groups in total. The second kappa shape index (κ2) is 10.5. The Labute approximate surface area is 159 Å². The first-order chi connectivity index (χ1) is 12.5. The molecule has 0 aromatic heterocycles. The van der Waals surface area contributed by atoms with Crippen molar-refractivity contribution >= 4 is 5.96 Å². The number of nitrogens with zero attached hydrogens (tertiary/aromatic N) is 3. The monoisotopic (exact) mass is 360 g/mol. The number of aliphatic imine (C=N–C) groups is 1. The molecule has 5 nitrogen and oxygen atoms in total. The molecule has 26 heavy (non-hydrogen) atoms. The molecule has 1 saturated heterocycles. The number of benzene rings is 1. The SMILES string of the molecule is CCCCN(C)C(=NC)NCc1ccc(CN2CC(C)OC(C)C2)cc1. The van der Waals surface area contributed by atoms with Gasteiger partial charge in [-0.15, -0.1) is 0 Å². The van der Waals surface area contributed by atoms with Gasteiger partial charge in [-0.05, 0) is 31.4 Å². The molecule has 2 rings (SSSR count). The molecule has 146 valence electrons. The smallest absolute Gasteiger partial charge is 0.193 e. The predicted molar refractivity (Wildman–Crippen MR) is 109 cm³/mol. The van der Waals surface area contributed by atoms with Crippen molar-refractivity contribution < 1.29 is 4.74 Å². The molecule has 5 heteroatoms. The van der Waals surface area contributed by atoms with Crippen LogP contribution in [0, 0.1) is 0 Å². The van der Waals surface area contributed by atoms with E-state index in [0.29, 0.717) is 12.2 Å². The molecule has 0 bridgehead atoms. The maximum Gasteiger partial charge on any atom is 0.193 e. The number of unbranched alkanes of at least 4 members (excludes halogenated alkanes) is 1. The van der Waals surface area contributed by atoms with Gasteiger partial charge in [-0.2, -0.15) is 0 Å². The molecule has 0 aliphatic carbocycles. The number of hydrogen-bond donors (Lipinski definition) is 1. The fraction of sp³-hybridized carbons (Fsp3) is 0.667. The highest BCUT2D eigenvalue weighted by Crippen LogP contribution is 2.14.